The van der Waals surface area contributed by atoms with Crippen molar-refractivity contribution in [2.24, 2.45) is 0 Å². The first-order valence-electron chi connectivity index (χ1n) is 11.4. The number of aromatic nitrogens is 1. The molecule has 192 valence electrons. The smallest absolute Gasteiger partial charge is 0.410 e. The maximum atomic E-state index is 13.2. The van der Waals surface area contributed by atoms with Crippen molar-refractivity contribution in [3.63, 3.8) is 0 Å². The normalized spacial score (nSPS) is 19.9. The zero-order chi connectivity index (χ0) is 25.9. The van der Waals surface area contributed by atoms with Crippen LogP contribution < -0.4 is 4.72 Å². The van der Waals surface area contributed by atoms with Crippen LogP contribution in [-0.2, 0) is 27.1 Å². The molecule has 0 saturated carbocycles. The third-order valence-electron chi connectivity index (χ3n) is 5.76. The number of aliphatic hydroxyl groups excluding tert-OH is 1. The number of β-amino-alcohol motifs (C(OH)–C–C–N with tert-alkyl or cyclic N) is 1. The first-order chi connectivity index (χ1) is 16.4. The number of carbonyl (C=O) groups is 2. The largest absolute Gasteiger partial charge is 0.444 e. The van der Waals surface area contributed by atoms with Gasteiger partial charge in [-0.1, -0.05) is 24.3 Å². The maximum absolute atomic E-state index is 13.2. The zero-order valence-corrected chi connectivity index (χ0v) is 22.6. The lowest BCUT2D eigenvalue weighted by molar-refractivity contribution is -0.135. The standard InChI is InChI=1S/C24H34N4O5S2/c1-15-21(34-14-25-15)18-9-7-17(8-10-18)12-26-35(32)20-11-19(29)13-28(20)22(30)16(2)27(6)23(31)33-24(3,4)5/h7-10,14,16,19-20,26,29H,11-13H2,1-6H3/t16-,19-,20-,35?/m0/s1. The lowest BCUT2D eigenvalue weighted by Gasteiger charge is -2.32. The van der Waals surface area contributed by atoms with Gasteiger partial charge in [0.1, 0.15) is 28.0 Å². The van der Waals surface area contributed by atoms with Crippen molar-refractivity contribution >= 4 is 34.3 Å². The molecule has 0 radical (unpaired) electrons. The Morgan fingerprint density at radius 1 is 1.34 bits per heavy atom. The van der Waals surface area contributed by atoms with Crippen molar-refractivity contribution in [3.05, 3.63) is 41.0 Å². The molecule has 1 saturated heterocycles. The Bertz CT molecular complexity index is 1070. The molecule has 2 N–H and O–H groups in total. The van der Waals surface area contributed by atoms with Gasteiger partial charge in [-0.15, -0.1) is 11.3 Å². The number of ether oxygens (including phenoxy) is 1. The quantitative estimate of drug-likeness (QED) is 0.578. The summed E-state index contributed by atoms with van der Waals surface area (Å²) in [6.45, 7) is 9.22. The van der Waals surface area contributed by atoms with Crippen molar-refractivity contribution in [2.75, 3.05) is 13.6 Å². The average Bonchev–Trinajstić information content (AvgIpc) is 3.40. The Labute approximate surface area is 213 Å². The van der Waals surface area contributed by atoms with Crippen molar-refractivity contribution in [2.45, 2.75) is 70.7 Å². The number of carbonyl (C=O) groups excluding carboxylic acids is 2. The minimum atomic E-state index is -1.61. The SMILES string of the molecule is Cc1ncsc1-c1ccc(CNS(=O)[C@H]2C[C@H](O)CN2C(=O)[C@H](C)N(C)C(=O)OC(C)(C)C)cc1. The van der Waals surface area contributed by atoms with Gasteiger partial charge in [0.05, 0.1) is 22.2 Å². The molecule has 1 aliphatic heterocycles. The van der Waals surface area contributed by atoms with Gasteiger partial charge in [0.25, 0.3) is 0 Å². The number of nitrogens with one attached hydrogen (secondary N) is 1. The summed E-state index contributed by atoms with van der Waals surface area (Å²) in [5.74, 6) is -0.390. The van der Waals surface area contributed by atoms with Crippen LogP contribution in [0.5, 0.6) is 0 Å². The average molecular weight is 523 g/mol. The van der Waals surface area contributed by atoms with Gasteiger partial charge in [0, 0.05) is 26.6 Å². The first-order valence-corrected chi connectivity index (χ1v) is 13.5. The molecule has 1 unspecified atom stereocenters. The fourth-order valence-electron chi connectivity index (χ4n) is 3.72. The Balaban J connectivity index is 1.61. The number of benzene rings is 1. The van der Waals surface area contributed by atoms with Crippen LogP contribution in [0.1, 0.15) is 45.4 Å². The second kappa shape index (κ2) is 11.2. The Morgan fingerprint density at radius 2 is 2.00 bits per heavy atom. The molecule has 0 aliphatic carbocycles. The van der Waals surface area contributed by atoms with Gasteiger partial charge in [-0.2, -0.15) is 0 Å². The zero-order valence-electron chi connectivity index (χ0n) is 21.0. The van der Waals surface area contributed by atoms with Crippen molar-refractivity contribution in [1.82, 2.24) is 19.5 Å². The highest BCUT2D eigenvalue weighted by molar-refractivity contribution is 7.83. The second-order valence-electron chi connectivity index (χ2n) is 9.68. The molecule has 2 heterocycles. The molecule has 35 heavy (non-hydrogen) atoms. The van der Waals surface area contributed by atoms with E-state index in [9.17, 15) is 18.9 Å². The highest BCUT2D eigenvalue weighted by Crippen LogP contribution is 2.27. The lowest BCUT2D eigenvalue weighted by atomic mass is 10.1. The Kier molecular flexibility index (Phi) is 8.68. The van der Waals surface area contributed by atoms with Crippen LogP contribution in [0.3, 0.4) is 0 Å². The highest BCUT2D eigenvalue weighted by atomic mass is 32.2. The molecule has 2 amide bonds. The van der Waals surface area contributed by atoms with E-state index in [2.05, 4.69) is 9.71 Å². The van der Waals surface area contributed by atoms with Crippen LogP contribution in [0.25, 0.3) is 10.4 Å². The summed E-state index contributed by atoms with van der Waals surface area (Å²) in [5.41, 5.74) is 4.13. The van der Waals surface area contributed by atoms with E-state index in [0.717, 1.165) is 21.7 Å². The molecule has 1 fully saturated rings. The number of likely N-dealkylation sites (N-methyl/N-ethyl adjacent to an activating group) is 1. The summed E-state index contributed by atoms with van der Waals surface area (Å²) < 4.78 is 21.4. The molecule has 11 heteroatoms. The number of thiazole rings is 1. The Morgan fingerprint density at radius 3 is 2.57 bits per heavy atom. The van der Waals surface area contributed by atoms with Gasteiger partial charge in [0.15, 0.2) is 0 Å². The molecule has 4 atom stereocenters. The number of hydrogen-bond acceptors (Lipinski definition) is 7. The van der Waals surface area contributed by atoms with Gasteiger partial charge >= 0.3 is 6.09 Å². The molecule has 1 aromatic heterocycles. The fourth-order valence-corrected chi connectivity index (χ4v) is 5.85. The summed E-state index contributed by atoms with van der Waals surface area (Å²) in [7, 11) is -0.119. The number of aryl methyl sites for hydroxylation is 1. The Hall–Kier alpha value is -2.34. The summed E-state index contributed by atoms with van der Waals surface area (Å²) in [5, 5.41) is 9.51. The van der Waals surface area contributed by atoms with E-state index in [4.69, 9.17) is 4.74 Å². The molecule has 2 aromatic rings. The van der Waals surface area contributed by atoms with Crippen molar-refractivity contribution < 1.29 is 23.6 Å². The third-order valence-corrected chi connectivity index (χ3v) is 8.11. The van der Waals surface area contributed by atoms with Crippen LogP contribution in [0.15, 0.2) is 29.8 Å². The van der Waals surface area contributed by atoms with Gasteiger partial charge in [-0.3, -0.25) is 9.69 Å². The minimum Gasteiger partial charge on any atom is -0.444 e. The van der Waals surface area contributed by atoms with E-state index >= 15 is 0 Å². The van der Waals surface area contributed by atoms with E-state index in [-0.39, 0.29) is 18.9 Å². The van der Waals surface area contributed by atoms with E-state index < -0.39 is 40.2 Å². The van der Waals surface area contributed by atoms with Crippen LogP contribution in [0, 0.1) is 6.92 Å². The van der Waals surface area contributed by atoms with E-state index in [1.165, 1.54) is 16.8 Å². The molecular weight excluding hydrogens is 488 g/mol. The number of hydrogen-bond donors (Lipinski definition) is 2. The fraction of sp³-hybridized carbons (Fsp3) is 0.542. The summed E-state index contributed by atoms with van der Waals surface area (Å²) in [6, 6.07) is 7.09. The highest BCUT2D eigenvalue weighted by Gasteiger charge is 2.41. The third kappa shape index (κ3) is 6.87. The van der Waals surface area contributed by atoms with E-state index in [1.807, 2.05) is 36.7 Å². The number of rotatable bonds is 7. The number of amides is 2. The molecule has 1 aromatic carbocycles. The molecule has 1 aliphatic rings. The lowest BCUT2D eigenvalue weighted by Crippen LogP contribution is -2.52. The molecule has 3 rings (SSSR count). The van der Waals surface area contributed by atoms with Crippen LogP contribution in [0.4, 0.5) is 4.79 Å². The van der Waals surface area contributed by atoms with Crippen LogP contribution in [0.2, 0.25) is 0 Å². The first kappa shape index (κ1) is 27.3. The minimum absolute atomic E-state index is 0.0618. The predicted molar refractivity (Wildman–Crippen MR) is 137 cm³/mol. The van der Waals surface area contributed by atoms with E-state index in [0.29, 0.717) is 6.54 Å². The maximum Gasteiger partial charge on any atom is 0.410 e. The number of nitrogens with zero attached hydrogens (tertiary/aromatic N) is 3. The second-order valence-corrected chi connectivity index (χ2v) is 12.0. The molecule has 0 spiro atoms. The van der Waals surface area contributed by atoms with Crippen LogP contribution in [-0.4, -0.2) is 72.8 Å². The predicted octanol–water partition coefficient (Wildman–Crippen LogP) is 3.05. The van der Waals surface area contributed by atoms with Crippen LogP contribution >= 0.6 is 11.3 Å². The molecular formula is C24H34N4O5S2. The van der Waals surface area contributed by atoms with Gasteiger partial charge < -0.3 is 14.7 Å². The molecule has 0 bridgehead atoms. The summed E-state index contributed by atoms with van der Waals surface area (Å²) in [4.78, 5) is 33.6. The topological polar surface area (TPSA) is 112 Å². The van der Waals surface area contributed by atoms with Gasteiger partial charge in [0.2, 0.25) is 5.91 Å². The monoisotopic (exact) mass is 522 g/mol. The van der Waals surface area contributed by atoms with Crippen molar-refractivity contribution in [1.29, 1.82) is 0 Å². The van der Waals surface area contributed by atoms with Gasteiger partial charge in [-0.25, -0.2) is 18.7 Å². The van der Waals surface area contributed by atoms with Gasteiger partial charge in [-0.05, 0) is 45.7 Å². The summed E-state index contributed by atoms with van der Waals surface area (Å²) in [6.07, 6.45) is -1.21. The molecule has 9 nitrogen and oxygen atoms in total. The number of likely N-dealkylation sites (tertiary alicyclic amines) is 1. The number of aliphatic hydroxyl groups is 1. The van der Waals surface area contributed by atoms with Crippen molar-refractivity contribution in [3.8, 4) is 10.4 Å². The summed E-state index contributed by atoms with van der Waals surface area (Å²) >= 11 is 1.59. The van der Waals surface area contributed by atoms with E-state index in [1.54, 1.807) is 39.0 Å².